The minimum Gasteiger partial charge on any atom is -0.463 e. The van der Waals surface area contributed by atoms with Crippen molar-refractivity contribution in [2.75, 3.05) is 6.61 Å². The normalized spacial score (nSPS) is 15.7. The average molecular weight is 573 g/mol. The Kier molecular flexibility index (Phi) is 7.09. The van der Waals surface area contributed by atoms with Gasteiger partial charge in [-0.25, -0.2) is 9.79 Å². The molecule has 0 aliphatic carbocycles. The number of allylic oxidation sites excluding steroid dienone is 1. The summed E-state index contributed by atoms with van der Waals surface area (Å²) in [5.74, 6) is -0.0820. The molecule has 0 fully saturated rings. The van der Waals surface area contributed by atoms with E-state index in [9.17, 15) is 22.8 Å². The number of aromatic nitrogens is 1. The van der Waals surface area contributed by atoms with Crippen LogP contribution in [0.4, 0.5) is 13.2 Å². The Hall–Kier alpha value is -3.89. The van der Waals surface area contributed by atoms with E-state index < -0.39 is 29.3 Å². The highest BCUT2D eigenvalue weighted by Crippen LogP contribution is 2.33. The van der Waals surface area contributed by atoms with E-state index in [1.54, 1.807) is 44.2 Å². The topological polar surface area (TPSA) is 73.8 Å². The van der Waals surface area contributed by atoms with Gasteiger partial charge >= 0.3 is 12.1 Å². The largest absolute Gasteiger partial charge is 0.463 e. The zero-order chi connectivity index (χ0) is 27.9. The number of furan rings is 1. The van der Waals surface area contributed by atoms with E-state index in [4.69, 9.17) is 20.8 Å². The van der Waals surface area contributed by atoms with Gasteiger partial charge in [0.25, 0.3) is 5.56 Å². The number of alkyl halides is 3. The van der Waals surface area contributed by atoms with Gasteiger partial charge in [0, 0.05) is 16.7 Å². The van der Waals surface area contributed by atoms with Gasteiger partial charge in [-0.1, -0.05) is 47.2 Å². The molecule has 0 spiro atoms. The number of ether oxygens (including phenoxy) is 1. The van der Waals surface area contributed by atoms with Crippen molar-refractivity contribution in [3.63, 3.8) is 0 Å². The molecule has 3 heterocycles. The fourth-order valence-electron chi connectivity index (χ4n) is 4.32. The molecule has 0 bridgehead atoms. The summed E-state index contributed by atoms with van der Waals surface area (Å²) in [7, 11) is 0. The Morgan fingerprint density at radius 3 is 2.62 bits per heavy atom. The number of rotatable bonds is 5. The number of esters is 1. The van der Waals surface area contributed by atoms with Crippen LogP contribution in [0.2, 0.25) is 5.02 Å². The number of benzene rings is 2. The molecule has 1 aliphatic heterocycles. The molecular weight excluding hydrogens is 553 g/mol. The van der Waals surface area contributed by atoms with Crippen LogP contribution in [-0.4, -0.2) is 17.1 Å². The summed E-state index contributed by atoms with van der Waals surface area (Å²) >= 11 is 7.18. The molecular formula is C28H20ClF3N2O4S. The Morgan fingerprint density at radius 2 is 1.92 bits per heavy atom. The summed E-state index contributed by atoms with van der Waals surface area (Å²) in [6.45, 7) is 3.53. The first-order valence-corrected chi connectivity index (χ1v) is 13.0. The monoisotopic (exact) mass is 572 g/mol. The van der Waals surface area contributed by atoms with E-state index in [1.165, 1.54) is 28.8 Å². The smallest absolute Gasteiger partial charge is 0.416 e. The van der Waals surface area contributed by atoms with Gasteiger partial charge in [-0.15, -0.1) is 0 Å². The van der Waals surface area contributed by atoms with Crippen molar-refractivity contribution >= 4 is 35.0 Å². The van der Waals surface area contributed by atoms with Crippen molar-refractivity contribution in [2.24, 2.45) is 4.99 Å². The maximum atomic E-state index is 13.6. The van der Waals surface area contributed by atoms with Crippen LogP contribution in [0.15, 0.2) is 86.1 Å². The molecule has 0 amide bonds. The molecule has 0 unspecified atom stereocenters. The van der Waals surface area contributed by atoms with Gasteiger partial charge in [-0.3, -0.25) is 9.36 Å². The SMILES string of the molecule is CCOC(=O)C1=C(C)N=c2s/c(=C/c3ccc(-c4cccc(C(F)(F)F)c4)o3)c(=O)n2[C@@H]1c1ccc(Cl)cc1. The maximum absolute atomic E-state index is 13.6. The number of carbonyl (C=O) groups excluding carboxylic acids is 1. The minimum absolute atomic E-state index is 0.153. The summed E-state index contributed by atoms with van der Waals surface area (Å²) in [4.78, 5) is 31.5. The molecule has 11 heteroatoms. The van der Waals surface area contributed by atoms with Crippen LogP contribution in [0.5, 0.6) is 0 Å². The Morgan fingerprint density at radius 1 is 1.18 bits per heavy atom. The highest BCUT2D eigenvalue weighted by atomic mass is 35.5. The first kappa shape index (κ1) is 26.7. The number of thiazole rings is 1. The van der Waals surface area contributed by atoms with Gasteiger partial charge in [0.15, 0.2) is 4.80 Å². The second-order valence-corrected chi connectivity index (χ2v) is 10.1. The van der Waals surface area contributed by atoms with E-state index in [0.29, 0.717) is 21.1 Å². The van der Waals surface area contributed by atoms with E-state index >= 15 is 0 Å². The van der Waals surface area contributed by atoms with Crippen molar-refractivity contribution < 1.29 is 27.1 Å². The van der Waals surface area contributed by atoms with Crippen molar-refractivity contribution in [3.05, 3.63) is 114 Å². The van der Waals surface area contributed by atoms with Crippen molar-refractivity contribution in [3.8, 4) is 11.3 Å². The first-order chi connectivity index (χ1) is 18.6. The zero-order valence-electron chi connectivity index (χ0n) is 20.6. The van der Waals surface area contributed by atoms with E-state index in [2.05, 4.69) is 4.99 Å². The summed E-state index contributed by atoms with van der Waals surface area (Å²) in [5, 5.41) is 0.499. The van der Waals surface area contributed by atoms with Crippen LogP contribution in [0, 0.1) is 0 Å². The lowest BCUT2D eigenvalue weighted by Gasteiger charge is -2.24. The van der Waals surface area contributed by atoms with Crippen LogP contribution >= 0.6 is 22.9 Å². The predicted octanol–water partition coefficient (Wildman–Crippen LogP) is 5.73. The molecule has 5 rings (SSSR count). The lowest BCUT2D eigenvalue weighted by Crippen LogP contribution is -2.39. The molecule has 39 heavy (non-hydrogen) atoms. The first-order valence-electron chi connectivity index (χ1n) is 11.8. The molecule has 0 N–H and O–H groups in total. The molecule has 4 aromatic rings. The van der Waals surface area contributed by atoms with E-state index in [-0.39, 0.29) is 33.8 Å². The van der Waals surface area contributed by atoms with Crippen LogP contribution in [0.1, 0.15) is 36.8 Å². The molecule has 1 aliphatic rings. The molecule has 2 aromatic heterocycles. The molecule has 6 nitrogen and oxygen atoms in total. The van der Waals surface area contributed by atoms with Gasteiger partial charge in [-0.05, 0) is 55.8 Å². The van der Waals surface area contributed by atoms with Gasteiger partial charge < -0.3 is 9.15 Å². The Bertz CT molecular complexity index is 1780. The number of hydrogen-bond donors (Lipinski definition) is 0. The molecule has 200 valence electrons. The van der Waals surface area contributed by atoms with Crippen LogP contribution in [-0.2, 0) is 15.7 Å². The number of carbonyl (C=O) groups is 1. The second kappa shape index (κ2) is 10.3. The predicted molar refractivity (Wildman–Crippen MR) is 141 cm³/mol. The Balaban J connectivity index is 1.60. The standard InChI is InChI=1S/C28H20ClF3N2O4S/c1-3-37-26(36)23-15(2)33-27-34(24(23)16-7-9-19(29)10-8-16)25(35)22(39-27)14-20-11-12-21(38-20)17-5-4-6-18(13-17)28(30,31)32/h4-14,24H,3H2,1-2H3/b22-14+/t24-/m1/s1. The maximum Gasteiger partial charge on any atom is 0.416 e. The van der Waals surface area contributed by atoms with Gasteiger partial charge in [0.05, 0.1) is 34.0 Å². The number of nitrogens with zero attached hydrogens (tertiary/aromatic N) is 2. The molecule has 2 aromatic carbocycles. The van der Waals surface area contributed by atoms with Gasteiger partial charge in [0.2, 0.25) is 0 Å². The van der Waals surface area contributed by atoms with Crippen molar-refractivity contribution in [1.82, 2.24) is 4.57 Å². The third kappa shape index (κ3) is 5.22. The summed E-state index contributed by atoms with van der Waals surface area (Å²) in [5.41, 5.74) is 0.359. The highest BCUT2D eigenvalue weighted by Gasteiger charge is 2.33. The number of hydrogen-bond acceptors (Lipinski definition) is 6. The fraction of sp³-hybridized carbons (Fsp3) is 0.179. The van der Waals surface area contributed by atoms with Crippen molar-refractivity contribution in [1.29, 1.82) is 0 Å². The quantitative estimate of drug-likeness (QED) is 0.286. The molecule has 1 atom stereocenters. The van der Waals surface area contributed by atoms with Crippen molar-refractivity contribution in [2.45, 2.75) is 26.1 Å². The van der Waals surface area contributed by atoms with Gasteiger partial charge in [0.1, 0.15) is 11.5 Å². The van der Waals surface area contributed by atoms with Gasteiger partial charge in [-0.2, -0.15) is 13.2 Å². The van der Waals surface area contributed by atoms with E-state index in [1.807, 2.05) is 0 Å². The minimum atomic E-state index is -4.49. The number of halogens is 4. The fourth-order valence-corrected chi connectivity index (χ4v) is 5.47. The van der Waals surface area contributed by atoms with Crippen LogP contribution in [0.3, 0.4) is 0 Å². The summed E-state index contributed by atoms with van der Waals surface area (Å²) in [6.07, 6.45) is -2.98. The molecule has 0 saturated heterocycles. The lowest BCUT2D eigenvalue weighted by molar-refractivity contribution is -0.139. The second-order valence-electron chi connectivity index (χ2n) is 8.63. The summed E-state index contributed by atoms with van der Waals surface area (Å²) in [6, 6.07) is 13.9. The summed E-state index contributed by atoms with van der Waals surface area (Å²) < 4.78 is 52.1. The third-order valence-electron chi connectivity index (χ3n) is 6.08. The highest BCUT2D eigenvalue weighted by molar-refractivity contribution is 7.07. The van der Waals surface area contributed by atoms with Crippen LogP contribution in [0.25, 0.3) is 17.4 Å². The van der Waals surface area contributed by atoms with E-state index in [0.717, 1.165) is 23.5 Å². The molecule has 0 saturated carbocycles. The number of fused-ring (bicyclic) bond motifs is 1. The average Bonchev–Trinajstić information content (AvgIpc) is 3.48. The van der Waals surface area contributed by atoms with Crippen LogP contribution < -0.4 is 14.9 Å². The zero-order valence-corrected chi connectivity index (χ0v) is 22.2. The third-order valence-corrected chi connectivity index (χ3v) is 7.31. The molecule has 0 radical (unpaired) electrons. The Labute approximate surface area is 228 Å². The lowest BCUT2D eigenvalue weighted by atomic mass is 9.96.